The predicted molar refractivity (Wildman–Crippen MR) is 131 cm³/mol. The van der Waals surface area contributed by atoms with Gasteiger partial charge in [0.1, 0.15) is 0 Å². The normalized spacial score (nSPS) is 16.4. The molecule has 2 aliphatic carbocycles. The molecule has 0 aliphatic heterocycles. The molecule has 0 aromatic carbocycles. The summed E-state index contributed by atoms with van der Waals surface area (Å²) in [5, 5.41) is 8.28. The van der Waals surface area contributed by atoms with Gasteiger partial charge in [0, 0.05) is 37.9 Å². The second-order valence-electron chi connectivity index (χ2n) is 9.32. The summed E-state index contributed by atoms with van der Waals surface area (Å²) < 4.78 is 20.3. The Kier molecular flexibility index (Phi) is 15.2. The molecule has 0 saturated heterocycles. The molecule has 0 spiro atoms. The quantitative estimate of drug-likeness (QED) is 0.180. The van der Waals surface area contributed by atoms with Gasteiger partial charge < -0.3 is 34.9 Å². The largest absolute Gasteiger partial charge is 0.466 e. The number of alkyl carbamates (subject to hydrolysis) is 3. The molecule has 2 rings (SSSR count). The Morgan fingerprint density at radius 1 is 0.556 bits per heavy atom. The van der Waals surface area contributed by atoms with E-state index in [1.165, 1.54) is 12.8 Å². The van der Waals surface area contributed by atoms with Crippen molar-refractivity contribution in [2.75, 3.05) is 33.0 Å². The summed E-state index contributed by atoms with van der Waals surface area (Å²) in [5.74, 6) is -0.375. The number of hydrogen-bond donors (Lipinski definition) is 3. The van der Waals surface area contributed by atoms with Gasteiger partial charge in [-0.15, -0.1) is 0 Å². The van der Waals surface area contributed by atoms with E-state index in [4.69, 9.17) is 18.9 Å². The van der Waals surface area contributed by atoms with Gasteiger partial charge in [-0.1, -0.05) is 38.5 Å². The molecule has 2 aliphatic rings. The molecule has 0 aromatic rings. The fourth-order valence-electron chi connectivity index (χ4n) is 4.26. The highest BCUT2D eigenvalue weighted by Gasteiger charge is 2.17. The molecule has 0 atom stereocenters. The Bertz CT molecular complexity index is 608. The average molecular weight is 514 g/mol. The average Bonchev–Trinajstić information content (AvgIpc) is 2.87. The van der Waals surface area contributed by atoms with Crippen molar-refractivity contribution in [2.45, 2.75) is 102 Å². The molecule has 36 heavy (non-hydrogen) atoms. The SMILES string of the molecule is O=C(CCCNC(=O)OCCCOC(=O)NC1CCCCC1)OCCCOC(=O)NC1CCCCC1. The van der Waals surface area contributed by atoms with Gasteiger partial charge >= 0.3 is 24.2 Å². The van der Waals surface area contributed by atoms with Crippen LogP contribution in [0, 0.1) is 0 Å². The van der Waals surface area contributed by atoms with E-state index in [-0.39, 0.29) is 57.4 Å². The minimum atomic E-state index is -0.585. The second-order valence-corrected chi connectivity index (χ2v) is 9.32. The maximum atomic E-state index is 11.7. The van der Waals surface area contributed by atoms with Crippen molar-refractivity contribution < 1.29 is 38.1 Å². The van der Waals surface area contributed by atoms with Crippen molar-refractivity contribution in [1.29, 1.82) is 0 Å². The maximum Gasteiger partial charge on any atom is 0.407 e. The molecule has 11 heteroatoms. The molecule has 0 bridgehead atoms. The summed E-state index contributed by atoms with van der Waals surface area (Å²) in [5.41, 5.74) is 0. The minimum absolute atomic E-state index is 0.130. The molecule has 206 valence electrons. The van der Waals surface area contributed by atoms with Crippen molar-refractivity contribution in [1.82, 2.24) is 16.0 Å². The number of esters is 1. The van der Waals surface area contributed by atoms with E-state index < -0.39 is 18.3 Å². The number of carbonyl (C=O) groups is 4. The molecule has 2 fully saturated rings. The third-order valence-corrected chi connectivity index (χ3v) is 6.22. The zero-order valence-electron chi connectivity index (χ0n) is 21.4. The zero-order chi connectivity index (χ0) is 25.8. The van der Waals surface area contributed by atoms with Crippen molar-refractivity contribution in [2.24, 2.45) is 0 Å². The lowest BCUT2D eigenvalue weighted by molar-refractivity contribution is -0.144. The first kappa shape index (κ1) is 29.5. The van der Waals surface area contributed by atoms with Gasteiger partial charge in [0.2, 0.25) is 0 Å². The lowest BCUT2D eigenvalue weighted by Gasteiger charge is -2.22. The highest BCUT2D eigenvalue weighted by Crippen LogP contribution is 2.18. The Labute approximate surface area is 213 Å². The number of hydrogen-bond acceptors (Lipinski definition) is 8. The minimum Gasteiger partial charge on any atom is -0.466 e. The van der Waals surface area contributed by atoms with Crippen molar-refractivity contribution in [3.8, 4) is 0 Å². The second kappa shape index (κ2) is 18.5. The number of rotatable bonds is 14. The van der Waals surface area contributed by atoms with E-state index in [0.29, 0.717) is 19.3 Å². The number of carbonyl (C=O) groups excluding carboxylic acids is 4. The lowest BCUT2D eigenvalue weighted by atomic mass is 9.96. The van der Waals surface area contributed by atoms with E-state index in [1.54, 1.807) is 0 Å². The van der Waals surface area contributed by atoms with Crippen molar-refractivity contribution >= 4 is 24.2 Å². The summed E-state index contributed by atoms with van der Waals surface area (Å²) in [4.78, 5) is 46.8. The summed E-state index contributed by atoms with van der Waals surface area (Å²) >= 11 is 0. The van der Waals surface area contributed by atoms with Crippen LogP contribution >= 0.6 is 0 Å². The Balaban J connectivity index is 1.34. The van der Waals surface area contributed by atoms with Crippen LogP contribution in [0.2, 0.25) is 0 Å². The molecule has 0 heterocycles. The number of ether oxygens (including phenoxy) is 4. The monoisotopic (exact) mass is 513 g/mol. The summed E-state index contributed by atoms with van der Waals surface area (Å²) in [6.45, 7) is 0.944. The van der Waals surface area contributed by atoms with Crippen LogP contribution in [0.3, 0.4) is 0 Å². The number of nitrogens with one attached hydrogen (secondary N) is 3. The van der Waals surface area contributed by atoms with Crippen LogP contribution in [-0.4, -0.2) is 69.3 Å². The maximum absolute atomic E-state index is 11.7. The van der Waals surface area contributed by atoms with Crippen molar-refractivity contribution in [3.05, 3.63) is 0 Å². The third kappa shape index (κ3) is 14.6. The molecule has 3 N–H and O–H groups in total. The topological polar surface area (TPSA) is 141 Å². The van der Waals surface area contributed by atoms with Gasteiger partial charge in [0.05, 0.1) is 26.4 Å². The Morgan fingerprint density at radius 2 is 1.00 bits per heavy atom. The van der Waals surface area contributed by atoms with Crippen LogP contribution in [0.4, 0.5) is 14.4 Å². The molecular formula is C25H43N3O8. The molecular weight excluding hydrogens is 470 g/mol. The molecule has 3 amide bonds. The summed E-state index contributed by atoms with van der Waals surface area (Å²) in [6.07, 6.45) is 10.9. The van der Waals surface area contributed by atoms with E-state index in [0.717, 1.165) is 51.4 Å². The van der Waals surface area contributed by atoms with Gasteiger partial charge in [-0.3, -0.25) is 4.79 Å². The fourth-order valence-corrected chi connectivity index (χ4v) is 4.26. The molecule has 11 nitrogen and oxygen atoms in total. The lowest BCUT2D eigenvalue weighted by Crippen LogP contribution is -2.36. The highest BCUT2D eigenvalue weighted by molar-refractivity contribution is 5.70. The van der Waals surface area contributed by atoms with E-state index in [9.17, 15) is 19.2 Å². The van der Waals surface area contributed by atoms with E-state index >= 15 is 0 Å². The van der Waals surface area contributed by atoms with Crippen LogP contribution in [-0.2, 0) is 23.7 Å². The van der Waals surface area contributed by atoms with Crippen LogP contribution in [0.1, 0.15) is 89.9 Å². The molecule has 0 aromatic heterocycles. The Morgan fingerprint density at radius 3 is 1.50 bits per heavy atom. The standard InChI is InChI=1S/C25H43N3O8/c29-22(33-16-8-18-35-24(31)27-20-10-3-1-4-11-20)14-7-15-26-23(30)34-17-9-19-36-25(32)28-21-12-5-2-6-13-21/h20-21H,1-19H2,(H,26,30)(H,27,31)(H,28,32). The molecule has 2 saturated carbocycles. The van der Waals surface area contributed by atoms with Gasteiger partial charge in [-0.2, -0.15) is 0 Å². The smallest absolute Gasteiger partial charge is 0.407 e. The van der Waals surface area contributed by atoms with Gasteiger partial charge in [-0.25, -0.2) is 14.4 Å². The predicted octanol–water partition coefficient (Wildman–Crippen LogP) is 3.93. The first-order valence-electron chi connectivity index (χ1n) is 13.5. The van der Waals surface area contributed by atoms with E-state index in [2.05, 4.69) is 16.0 Å². The fraction of sp³-hybridized carbons (Fsp3) is 0.840. The van der Waals surface area contributed by atoms with Gasteiger partial charge in [0.25, 0.3) is 0 Å². The van der Waals surface area contributed by atoms with E-state index in [1.807, 2.05) is 0 Å². The molecule has 0 radical (unpaired) electrons. The van der Waals surface area contributed by atoms with Gasteiger partial charge in [-0.05, 0) is 32.1 Å². The first-order valence-corrected chi connectivity index (χ1v) is 13.5. The summed E-state index contributed by atoms with van der Waals surface area (Å²) in [6, 6.07) is 0.399. The van der Waals surface area contributed by atoms with Gasteiger partial charge in [0.15, 0.2) is 0 Å². The van der Waals surface area contributed by atoms with Crippen LogP contribution in [0.25, 0.3) is 0 Å². The zero-order valence-corrected chi connectivity index (χ0v) is 21.4. The molecule has 0 unspecified atom stereocenters. The summed E-state index contributed by atoms with van der Waals surface area (Å²) in [7, 11) is 0. The van der Waals surface area contributed by atoms with Crippen LogP contribution < -0.4 is 16.0 Å². The number of amides is 3. The highest BCUT2D eigenvalue weighted by atomic mass is 16.6. The van der Waals surface area contributed by atoms with Crippen LogP contribution in [0.5, 0.6) is 0 Å². The third-order valence-electron chi connectivity index (χ3n) is 6.22. The first-order chi connectivity index (χ1) is 17.5. The van der Waals surface area contributed by atoms with Crippen molar-refractivity contribution in [3.63, 3.8) is 0 Å². The Hall–Kier alpha value is -2.72. The van der Waals surface area contributed by atoms with Crippen LogP contribution in [0.15, 0.2) is 0 Å².